The van der Waals surface area contributed by atoms with Gasteiger partial charge >= 0.3 is 5.97 Å². The SMILES string of the molecule is Cc1cccc(C)c1OCC(=O)Oc1cccc(-n2cnnn2)c1. The van der Waals surface area contributed by atoms with Crippen molar-refractivity contribution in [3.8, 4) is 17.2 Å². The van der Waals surface area contributed by atoms with Crippen LogP contribution in [-0.2, 0) is 4.79 Å². The zero-order valence-electron chi connectivity index (χ0n) is 13.3. The average Bonchev–Trinajstić information content (AvgIpc) is 3.09. The number of aromatic nitrogens is 4. The molecule has 2 aromatic carbocycles. The van der Waals surface area contributed by atoms with Crippen LogP contribution in [-0.4, -0.2) is 32.8 Å². The fraction of sp³-hybridized carbons (Fsp3) is 0.176. The maximum Gasteiger partial charge on any atom is 0.349 e. The number of carbonyl (C=O) groups excluding carboxylic acids is 1. The number of nitrogens with zero attached hydrogens (tertiary/aromatic N) is 4. The molecule has 0 fully saturated rings. The van der Waals surface area contributed by atoms with Gasteiger partial charge in [0.2, 0.25) is 0 Å². The molecule has 7 heteroatoms. The zero-order chi connectivity index (χ0) is 16.9. The third kappa shape index (κ3) is 3.57. The number of tetrazole rings is 1. The smallest absolute Gasteiger partial charge is 0.349 e. The summed E-state index contributed by atoms with van der Waals surface area (Å²) in [4.78, 5) is 12.0. The molecule has 1 aromatic heterocycles. The second kappa shape index (κ2) is 6.91. The minimum atomic E-state index is -0.480. The Kier molecular flexibility index (Phi) is 4.51. The average molecular weight is 324 g/mol. The van der Waals surface area contributed by atoms with Crippen molar-refractivity contribution in [3.05, 3.63) is 59.9 Å². The van der Waals surface area contributed by atoms with E-state index in [1.807, 2.05) is 32.0 Å². The molecule has 122 valence electrons. The van der Waals surface area contributed by atoms with E-state index in [9.17, 15) is 4.79 Å². The minimum Gasteiger partial charge on any atom is -0.481 e. The maximum absolute atomic E-state index is 12.0. The van der Waals surface area contributed by atoms with Gasteiger partial charge < -0.3 is 9.47 Å². The van der Waals surface area contributed by atoms with Crippen LogP contribution in [0.1, 0.15) is 11.1 Å². The van der Waals surface area contributed by atoms with Crippen LogP contribution in [0.3, 0.4) is 0 Å². The van der Waals surface area contributed by atoms with Crippen molar-refractivity contribution in [1.29, 1.82) is 0 Å². The highest BCUT2D eigenvalue weighted by Crippen LogP contribution is 2.22. The first-order chi connectivity index (χ1) is 11.6. The lowest BCUT2D eigenvalue weighted by Crippen LogP contribution is -2.18. The lowest BCUT2D eigenvalue weighted by Gasteiger charge is -2.11. The number of aryl methyl sites for hydroxylation is 2. The molecular formula is C17H16N4O3. The second-order valence-corrected chi connectivity index (χ2v) is 5.24. The summed E-state index contributed by atoms with van der Waals surface area (Å²) in [5.74, 6) is 0.626. The number of carbonyl (C=O) groups is 1. The molecule has 0 aliphatic carbocycles. The van der Waals surface area contributed by atoms with Crippen molar-refractivity contribution >= 4 is 5.97 Å². The van der Waals surface area contributed by atoms with E-state index in [4.69, 9.17) is 9.47 Å². The van der Waals surface area contributed by atoms with E-state index in [-0.39, 0.29) is 6.61 Å². The summed E-state index contributed by atoms with van der Waals surface area (Å²) in [6, 6.07) is 12.7. The van der Waals surface area contributed by atoms with E-state index >= 15 is 0 Å². The Balaban J connectivity index is 1.64. The number of rotatable bonds is 5. The number of esters is 1. The van der Waals surface area contributed by atoms with E-state index in [0.29, 0.717) is 17.2 Å². The van der Waals surface area contributed by atoms with Crippen LogP contribution >= 0.6 is 0 Å². The number of ether oxygens (including phenoxy) is 2. The van der Waals surface area contributed by atoms with Gasteiger partial charge in [0.15, 0.2) is 6.61 Å². The summed E-state index contributed by atoms with van der Waals surface area (Å²) < 4.78 is 12.4. The molecule has 0 radical (unpaired) electrons. The van der Waals surface area contributed by atoms with Gasteiger partial charge in [-0.1, -0.05) is 24.3 Å². The predicted octanol–water partition coefficient (Wildman–Crippen LogP) is 2.26. The van der Waals surface area contributed by atoms with Crippen molar-refractivity contribution in [2.24, 2.45) is 0 Å². The minimum absolute atomic E-state index is 0.166. The summed E-state index contributed by atoms with van der Waals surface area (Å²) in [5.41, 5.74) is 2.65. The molecule has 24 heavy (non-hydrogen) atoms. The van der Waals surface area contributed by atoms with Gasteiger partial charge in [-0.25, -0.2) is 9.48 Å². The van der Waals surface area contributed by atoms with Crippen LogP contribution in [0.25, 0.3) is 5.69 Å². The molecule has 0 bridgehead atoms. The summed E-state index contributed by atoms with van der Waals surface area (Å²) in [6.45, 7) is 3.70. The Bertz CT molecular complexity index is 827. The summed E-state index contributed by atoms with van der Waals surface area (Å²) in [5, 5.41) is 10.9. The third-order valence-corrected chi connectivity index (χ3v) is 3.41. The number of benzene rings is 2. The topological polar surface area (TPSA) is 79.1 Å². The molecule has 0 saturated carbocycles. The van der Waals surface area contributed by atoms with Gasteiger partial charge in [-0.3, -0.25) is 0 Å². The fourth-order valence-corrected chi connectivity index (χ4v) is 2.29. The van der Waals surface area contributed by atoms with Crippen molar-refractivity contribution < 1.29 is 14.3 Å². The van der Waals surface area contributed by atoms with Gasteiger partial charge in [0.25, 0.3) is 0 Å². The van der Waals surface area contributed by atoms with Gasteiger partial charge in [0.1, 0.15) is 17.8 Å². The third-order valence-electron chi connectivity index (χ3n) is 3.41. The predicted molar refractivity (Wildman–Crippen MR) is 86.2 cm³/mol. The molecule has 0 N–H and O–H groups in total. The normalized spacial score (nSPS) is 10.4. The lowest BCUT2D eigenvalue weighted by molar-refractivity contribution is -0.136. The van der Waals surface area contributed by atoms with E-state index in [2.05, 4.69) is 15.5 Å². The molecule has 0 aliphatic heterocycles. The Labute approximate surface area is 138 Å². The van der Waals surface area contributed by atoms with Crippen molar-refractivity contribution in [2.75, 3.05) is 6.61 Å². The summed E-state index contributed by atoms with van der Waals surface area (Å²) in [7, 11) is 0. The highest BCUT2D eigenvalue weighted by molar-refractivity contribution is 5.74. The molecule has 7 nitrogen and oxygen atoms in total. The largest absolute Gasteiger partial charge is 0.481 e. The molecule has 3 aromatic rings. The molecule has 3 rings (SSSR count). The number of hydrogen-bond donors (Lipinski definition) is 0. The van der Waals surface area contributed by atoms with Crippen molar-refractivity contribution in [3.63, 3.8) is 0 Å². The molecule has 0 unspecified atom stereocenters. The first-order valence-corrected chi connectivity index (χ1v) is 7.36. The number of hydrogen-bond acceptors (Lipinski definition) is 6. The molecular weight excluding hydrogens is 308 g/mol. The van der Waals surface area contributed by atoms with E-state index in [1.165, 1.54) is 11.0 Å². The first-order valence-electron chi connectivity index (χ1n) is 7.36. The second-order valence-electron chi connectivity index (χ2n) is 5.24. The highest BCUT2D eigenvalue weighted by atomic mass is 16.6. The first kappa shape index (κ1) is 15.7. The van der Waals surface area contributed by atoms with Gasteiger partial charge in [-0.2, -0.15) is 0 Å². The van der Waals surface area contributed by atoms with Gasteiger partial charge in [0, 0.05) is 6.07 Å². The Hall–Kier alpha value is -3.22. The van der Waals surface area contributed by atoms with Gasteiger partial charge in [-0.15, -0.1) is 5.10 Å². The van der Waals surface area contributed by atoms with E-state index in [1.54, 1.807) is 24.3 Å². The highest BCUT2D eigenvalue weighted by Gasteiger charge is 2.10. The quantitative estimate of drug-likeness (QED) is 0.529. The van der Waals surface area contributed by atoms with Crippen LogP contribution in [0.4, 0.5) is 0 Å². The number of para-hydroxylation sites is 1. The van der Waals surface area contributed by atoms with Crippen LogP contribution in [0.5, 0.6) is 11.5 Å². The summed E-state index contributed by atoms with van der Waals surface area (Å²) >= 11 is 0. The van der Waals surface area contributed by atoms with E-state index in [0.717, 1.165) is 11.1 Å². The Morgan fingerprint density at radius 3 is 2.58 bits per heavy atom. The Morgan fingerprint density at radius 2 is 1.88 bits per heavy atom. The van der Waals surface area contributed by atoms with Crippen LogP contribution < -0.4 is 9.47 Å². The molecule has 0 spiro atoms. The lowest BCUT2D eigenvalue weighted by atomic mass is 10.1. The molecule has 1 heterocycles. The van der Waals surface area contributed by atoms with Crippen molar-refractivity contribution in [1.82, 2.24) is 20.2 Å². The van der Waals surface area contributed by atoms with Gasteiger partial charge in [-0.05, 0) is 47.5 Å². The van der Waals surface area contributed by atoms with Crippen molar-refractivity contribution in [2.45, 2.75) is 13.8 Å². The standard InChI is InChI=1S/C17H16N4O3/c1-12-5-3-6-13(2)17(12)23-10-16(22)24-15-8-4-7-14(9-15)21-11-18-19-20-21/h3-9,11H,10H2,1-2H3. The van der Waals surface area contributed by atoms with Crippen LogP contribution in [0.15, 0.2) is 48.8 Å². The zero-order valence-corrected chi connectivity index (χ0v) is 13.3. The maximum atomic E-state index is 12.0. The fourth-order valence-electron chi connectivity index (χ4n) is 2.29. The molecule has 0 amide bonds. The summed E-state index contributed by atoms with van der Waals surface area (Å²) in [6.07, 6.45) is 1.46. The van der Waals surface area contributed by atoms with E-state index < -0.39 is 5.97 Å². The van der Waals surface area contributed by atoms with Gasteiger partial charge in [0.05, 0.1) is 5.69 Å². The molecule has 0 atom stereocenters. The van der Waals surface area contributed by atoms with Crippen LogP contribution in [0.2, 0.25) is 0 Å². The molecule has 0 saturated heterocycles. The Morgan fingerprint density at radius 1 is 1.12 bits per heavy atom. The monoisotopic (exact) mass is 324 g/mol. The van der Waals surface area contributed by atoms with Crippen LogP contribution in [0, 0.1) is 13.8 Å². The molecule has 0 aliphatic rings.